The molecule has 1 atom stereocenters. The summed E-state index contributed by atoms with van der Waals surface area (Å²) in [7, 11) is -3.89. The maximum absolute atomic E-state index is 12.6. The molecule has 0 fully saturated rings. The Kier molecular flexibility index (Phi) is 9.20. The van der Waals surface area contributed by atoms with E-state index in [1.165, 1.54) is 42.1 Å². The number of ether oxygens (including phenoxy) is 1. The van der Waals surface area contributed by atoms with E-state index >= 15 is 0 Å². The maximum Gasteiger partial charge on any atom is 0.422 e. The highest BCUT2D eigenvalue weighted by Crippen LogP contribution is 2.19. The third-order valence-corrected chi connectivity index (χ3v) is 6.18. The molecular formula is C20H23F3N2O4S2. The van der Waals surface area contributed by atoms with Gasteiger partial charge in [-0.15, -0.1) is 0 Å². The van der Waals surface area contributed by atoms with Crippen LogP contribution in [0, 0.1) is 0 Å². The van der Waals surface area contributed by atoms with Gasteiger partial charge in [0, 0.05) is 6.54 Å². The zero-order valence-corrected chi connectivity index (χ0v) is 18.3. The van der Waals surface area contributed by atoms with Crippen molar-refractivity contribution in [3.8, 4) is 5.75 Å². The van der Waals surface area contributed by atoms with Crippen LogP contribution in [0.4, 0.5) is 13.2 Å². The number of carbonyl (C=O) groups excluding carboxylic acids is 1. The van der Waals surface area contributed by atoms with E-state index in [1.54, 1.807) is 24.3 Å². The Morgan fingerprint density at radius 2 is 1.84 bits per heavy atom. The Labute approximate surface area is 183 Å². The third-order valence-electron chi connectivity index (χ3n) is 4.05. The van der Waals surface area contributed by atoms with Gasteiger partial charge in [-0.1, -0.05) is 30.3 Å². The van der Waals surface area contributed by atoms with E-state index in [9.17, 15) is 26.4 Å². The summed E-state index contributed by atoms with van der Waals surface area (Å²) < 4.78 is 69.2. The molecule has 11 heteroatoms. The number of benzene rings is 2. The number of halogens is 3. The first-order valence-corrected chi connectivity index (χ1v) is 12.1. The number of amides is 1. The van der Waals surface area contributed by atoms with Gasteiger partial charge in [0.25, 0.3) is 0 Å². The minimum atomic E-state index is -4.45. The van der Waals surface area contributed by atoms with Crippen LogP contribution >= 0.6 is 11.8 Å². The molecule has 2 aromatic carbocycles. The highest BCUT2D eigenvalue weighted by Gasteiger charge is 2.28. The predicted octanol–water partition coefficient (Wildman–Crippen LogP) is 3.34. The zero-order chi connectivity index (χ0) is 22.9. The second-order valence-electron chi connectivity index (χ2n) is 6.54. The lowest BCUT2D eigenvalue weighted by atomic mass is 10.2. The highest BCUT2D eigenvalue weighted by atomic mass is 32.2. The van der Waals surface area contributed by atoms with E-state index in [-0.39, 0.29) is 23.6 Å². The summed E-state index contributed by atoms with van der Waals surface area (Å²) in [5.74, 6) is 0.0406. The molecular weight excluding hydrogens is 453 g/mol. The summed E-state index contributed by atoms with van der Waals surface area (Å²) in [6.07, 6.45) is -2.34. The van der Waals surface area contributed by atoms with E-state index in [0.717, 1.165) is 0 Å². The number of carbonyl (C=O) groups is 1. The number of hydrogen-bond donors (Lipinski definition) is 2. The van der Waals surface area contributed by atoms with E-state index in [0.29, 0.717) is 11.3 Å². The first-order chi connectivity index (χ1) is 14.6. The molecule has 31 heavy (non-hydrogen) atoms. The van der Waals surface area contributed by atoms with Gasteiger partial charge in [0.1, 0.15) is 11.8 Å². The largest absolute Gasteiger partial charge is 0.484 e. The number of nitrogens with one attached hydrogen (secondary N) is 2. The average Bonchev–Trinajstić information content (AvgIpc) is 2.74. The maximum atomic E-state index is 12.6. The van der Waals surface area contributed by atoms with E-state index in [1.807, 2.05) is 6.26 Å². The predicted molar refractivity (Wildman–Crippen MR) is 113 cm³/mol. The monoisotopic (exact) mass is 476 g/mol. The van der Waals surface area contributed by atoms with Crippen molar-refractivity contribution < 1.29 is 31.1 Å². The van der Waals surface area contributed by atoms with Gasteiger partial charge in [0.2, 0.25) is 15.9 Å². The van der Waals surface area contributed by atoms with Crippen LogP contribution in [0.1, 0.15) is 12.0 Å². The Balaban J connectivity index is 2.02. The van der Waals surface area contributed by atoms with Gasteiger partial charge in [-0.05, 0) is 48.3 Å². The van der Waals surface area contributed by atoms with Crippen molar-refractivity contribution >= 4 is 27.7 Å². The second-order valence-corrected chi connectivity index (χ2v) is 9.24. The van der Waals surface area contributed by atoms with Crippen molar-refractivity contribution in [2.24, 2.45) is 0 Å². The number of sulfonamides is 1. The van der Waals surface area contributed by atoms with Crippen molar-refractivity contribution in [3.05, 3.63) is 60.2 Å². The number of rotatable bonds is 11. The van der Waals surface area contributed by atoms with E-state index in [2.05, 4.69) is 10.0 Å². The molecule has 0 aliphatic rings. The van der Waals surface area contributed by atoms with E-state index < -0.39 is 34.8 Å². The summed E-state index contributed by atoms with van der Waals surface area (Å²) in [4.78, 5) is 12.7. The SMILES string of the molecule is CSCCC(NS(=O)(=O)c1ccccc1)C(=O)NCc1cccc(OCC(F)(F)F)c1. The molecule has 6 nitrogen and oxygen atoms in total. The lowest BCUT2D eigenvalue weighted by Gasteiger charge is -2.18. The lowest BCUT2D eigenvalue weighted by Crippen LogP contribution is -2.46. The molecule has 170 valence electrons. The fraction of sp³-hybridized carbons (Fsp3) is 0.350. The summed E-state index contributed by atoms with van der Waals surface area (Å²) in [5.41, 5.74) is 0.516. The van der Waals surface area contributed by atoms with Crippen molar-refractivity contribution in [2.45, 2.75) is 30.1 Å². The molecule has 0 aliphatic heterocycles. The Bertz CT molecular complexity index is 954. The molecule has 0 spiro atoms. The molecule has 1 unspecified atom stereocenters. The smallest absolute Gasteiger partial charge is 0.422 e. The Hall–Kier alpha value is -2.24. The molecule has 0 radical (unpaired) electrons. The van der Waals surface area contributed by atoms with Gasteiger partial charge in [0.05, 0.1) is 4.90 Å². The molecule has 0 saturated heterocycles. The van der Waals surface area contributed by atoms with Gasteiger partial charge in [-0.25, -0.2) is 8.42 Å². The molecule has 1 amide bonds. The van der Waals surface area contributed by atoms with Gasteiger partial charge < -0.3 is 10.1 Å². The highest BCUT2D eigenvalue weighted by molar-refractivity contribution is 7.98. The van der Waals surface area contributed by atoms with Gasteiger partial charge in [-0.3, -0.25) is 4.79 Å². The average molecular weight is 477 g/mol. The summed E-state index contributed by atoms with van der Waals surface area (Å²) in [5, 5.41) is 2.63. The van der Waals surface area contributed by atoms with Crippen molar-refractivity contribution in [1.82, 2.24) is 10.0 Å². The van der Waals surface area contributed by atoms with Crippen molar-refractivity contribution in [1.29, 1.82) is 0 Å². The topological polar surface area (TPSA) is 84.5 Å². The fourth-order valence-corrected chi connectivity index (χ4v) is 4.28. The zero-order valence-electron chi connectivity index (χ0n) is 16.7. The van der Waals surface area contributed by atoms with Crippen LogP contribution in [-0.2, 0) is 21.4 Å². The Morgan fingerprint density at radius 1 is 1.13 bits per heavy atom. The summed E-state index contributed by atoms with van der Waals surface area (Å²) >= 11 is 1.47. The number of thioether (sulfide) groups is 1. The molecule has 0 heterocycles. The van der Waals surface area contributed by atoms with E-state index in [4.69, 9.17) is 4.74 Å². The van der Waals surface area contributed by atoms with Crippen LogP contribution in [-0.4, -0.2) is 45.2 Å². The standard InChI is InChI=1S/C20H23F3N2O4S2/c1-30-11-10-18(25-31(27,28)17-8-3-2-4-9-17)19(26)24-13-15-6-5-7-16(12-15)29-14-20(21,22)23/h2-9,12,18,25H,10-11,13-14H2,1H3,(H,24,26). The minimum absolute atomic E-state index is 0.00484. The lowest BCUT2D eigenvalue weighted by molar-refractivity contribution is -0.153. The van der Waals surface area contributed by atoms with Crippen LogP contribution in [0.5, 0.6) is 5.75 Å². The molecule has 0 aliphatic carbocycles. The van der Waals surface area contributed by atoms with Crippen molar-refractivity contribution in [3.63, 3.8) is 0 Å². The molecule has 2 aromatic rings. The van der Waals surface area contributed by atoms with Crippen LogP contribution in [0.2, 0.25) is 0 Å². The van der Waals surface area contributed by atoms with Gasteiger partial charge >= 0.3 is 6.18 Å². The molecule has 0 bridgehead atoms. The van der Waals surface area contributed by atoms with Gasteiger partial charge in [0.15, 0.2) is 6.61 Å². The first kappa shape index (κ1) is 25.0. The fourth-order valence-electron chi connectivity index (χ4n) is 2.56. The molecule has 0 saturated carbocycles. The molecule has 2 N–H and O–H groups in total. The van der Waals surface area contributed by atoms with Crippen molar-refractivity contribution in [2.75, 3.05) is 18.6 Å². The van der Waals surface area contributed by atoms with Crippen LogP contribution < -0.4 is 14.8 Å². The first-order valence-electron chi connectivity index (χ1n) is 9.23. The van der Waals surface area contributed by atoms with Crippen LogP contribution in [0.3, 0.4) is 0 Å². The number of alkyl halides is 3. The number of hydrogen-bond acceptors (Lipinski definition) is 5. The molecule has 2 rings (SSSR count). The summed E-state index contributed by atoms with van der Waals surface area (Å²) in [6.45, 7) is -1.41. The van der Waals surface area contributed by atoms with Gasteiger partial charge in [-0.2, -0.15) is 29.7 Å². The molecule has 0 aromatic heterocycles. The summed E-state index contributed by atoms with van der Waals surface area (Å²) in [6, 6.07) is 12.6. The third kappa shape index (κ3) is 8.80. The Morgan fingerprint density at radius 3 is 2.48 bits per heavy atom. The normalized spacial score (nSPS) is 12.9. The minimum Gasteiger partial charge on any atom is -0.484 e. The second kappa shape index (κ2) is 11.4. The quantitative estimate of drug-likeness (QED) is 0.520. The van der Waals surface area contributed by atoms with Crippen LogP contribution in [0.25, 0.3) is 0 Å². The van der Waals surface area contributed by atoms with Crippen LogP contribution in [0.15, 0.2) is 59.5 Å².